The van der Waals surface area contributed by atoms with E-state index in [1.807, 2.05) is 53.4 Å². The maximum atomic E-state index is 13.2. The van der Waals surface area contributed by atoms with Gasteiger partial charge in [-0.15, -0.1) is 0 Å². The second-order valence-corrected chi connectivity index (χ2v) is 10.3. The molecule has 0 saturated carbocycles. The second-order valence-electron chi connectivity index (χ2n) is 7.97. The molecular weight excluding hydrogens is 372 g/mol. The molecule has 0 aliphatic carbocycles. The molecule has 2 aromatic carbocycles. The Bertz CT molecular complexity index is 882. The Morgan fingerprint density at radius 3 is 2.11 bits per heavy atom. The van der Waals surface area contributed by atoms with Crippen molar-refractivity contribution in [2.24, 2.45) is 0 Å². The van der Waals surface area contributed by atoms with Crippen molar-refractivity contribution >= 4 is 15.7 Å². The normalized spacial score (nSPS) is 18.4. The number of sulfone groups is 1. The molecule has 3 rings (SSSR count). The lowest BCUT2D eigenvalue weighted by molar-refractivity contribution is -0.126. The summed E-state index contributed by atoms with van der Waals surface area (Å²) in [6.45, 7) is 5.46. The lowest BCUT2D eigenvalue weighted by atomic mass is 9.84. The van der Waals surface area contributed by atoms with Gasteiger partial charge in [0.1, 0.15) is 6.04 Å². The Hall–Kier alpha value is -2.18. The number of nitrogens with zero attached hydrogens (tertiary/aromatic N) is 1. The third-order valence-corrected chi connectivity index (χ3v) is 6.98. The summed E-state index contributed by atoms with van der Waals surface area (Å²) in [4.78, 5) is 15.2. The van der Waals surface area contributed by atoms with Crippen LogP contribution in [0.3, 0.4) is 0 Å². The van der Waals surface area contributed by atoms with Gasteiger partial charge in [-0.3, -0.25) is 9.69 Å². The number of benzene rings is 2. The van der Waals surface area contributed by atoms with E-state index in [2.05, 4.69) is 31.3 Å². The first-order valence-electron chi connectivity index (χ1n) is 9.61. The van der Waals surface area contributed by atoms with Gasteiger partial charge in [0.25, 0.3) is 0 Å². The lowest BCUT2D eigenvalue weighted by Gasteiger charge is -2.35. The molecule has 1 atom stereocenters. The second kappa shape index (κ2) is 8.45. The topological polar surface area (TPSA) is 66.5 Å². The highest BCUT2D eigenvalue weighted by molar-refractivity contribution is 7.91. The Morgan fingerprint density at radius 1 is 1.00 bits per heavy atom. The SMILES string of the molecule is CC(C)(CNC(=O)C(c1ccccc1)N1CCS(=O)(=O)CC1)c1ccccc1. The first-order chi connectivity index (χ1) is 13.3. The van der Waals surface area contributed by atoms with Gasteiger partial charge in [-0.05, 0) is 11.1 Å². The van der Waals surface area contributed by atoms with Crippen molar-refractivity contribution in [2.45, 2.75) is 25.3 Å². The van der Waals surface area contributed by atoms with Crippen LogP contribution in [0.5, 0.6) is 0 Å². The van der Waals surface area contributed by atoms with E-state index >= 15 is 0 Å². The number of hydrogen-bond donors (Lipinski definition) is 1. The molecule has 0 radical (unpaired) electrons. The summed E-state index contributed by atoms with van der Waals surface area (Å²) in [7, 11) is -3.00. The molecule has 1 aliphatic heterocycles. The van der Waals surface area contributed by atoms with E-state index < -0.39 is 15.9 Å². The molecule has 1 fully saturated rings. The van der Waals surface area contributed by atoms with Crippen LogP contribution < -0.4 is 5.32 Å². The number of amides is 1. The van der Waals surface area contributed by atoms with Gasteiger partial charge in [-0.25, -0.2) is 8.42 Å². The highest BCUT2D eigenvalue weighted by Gasteiger charge is 2.33. The molecule has 150 valence electrons. The van der Waals surface area contributed by atoms with E-state index in [-0.39, 0.29) is 22.8 Å². The van der Waals surface area contributed by atoms with Gasteiger partial charge in [0, 0.05) is 25.0 Å². The molecule has 6 heteroatoms. The molecule has 1 saturated heterocycles. The van der Waals surface area contributed by atoms with Crippen LogP contribution >= 0.6 is 0 Å². The monoisotopic (exact) mass is 400 g/mol. The predicted molar refractivity (Wildman–Crippen MR) is 112 cm³/mol. The molecule has 1 amide bonds. The fourth-order valence-electron chi connectivity index (χ4n) is 3.54. The van der Waals surface area contributed by atoms with Crippen LogP contribution in [-0.4, -0.2) is 50.4 Å². The van der Waals surface area contributed by atoms with Crippen LogP contribution in [0.15, 0.2) is 60.7 Å². The smallest absolute Gasteiger partial charge is 0.241 e. The van der Waals surface area contributed by atoms with Crippen molar-refractivity contribution in [2.75, 3.05) is 31.1 Å². The van der Waals surface area contributed by atoms with Gasteiger partial charge in [0.05, 0.1) is 11.5 Å². The molecular formula is C22H28N2O3S. The van der Waals surface area contributed by atoms with Gasteiger partial charge < -0.3 is 5.32 Å². The molecule has 0 spiro atoms. The van der Waals surface area contributed by atoms with E-state index in [0.717, 1.165) is 11.1 Å². The zero-order chi connectivity index (χ0) is 20.2. The summed E-state index contributed by atoms with van der Waals surface area (Å²) in [5, 5.41) is 3.11. The molecule has 2 aromatic rings. The van der Waals surface area contributed by atoms with Gasteiger partial charge in [-0.1, -0.05) is 74.5 Å². The molecule has 0 aromatic heterocycles. The number of nitrogens with one attached hydrogen (secondary N) is 1. The average Bonchev–Trinajstić information content (AvgIpc) is 2.69. The zero-order valence-electron chi connectivity index (χ0n) is 16.5. The van der Waals surface area contributed by atoms with Crippen LogP contribution in [0.25, 0.3) is 0 Å². The summed E-state index contributed by atoms with van der Waals surface area (Å²) in [6, 6.07) is 19.2. The van der Waals surface area contributed by atoms with Crippen molar-refractivity contribution in [3.63, 3.8) is 0 Å². The summed E-state index contributed by atoms with van der Waals surface area (Å²) in [5.74, 6) is 0.104. The molecule has 28 heavy (non-hydrogen) atoms. The van der Waals surface area contributed by atoms with E-state index in [4.69, 9.17) is 0 Å². The van der Waals surface area contributed by atoms with Gasteiger partial charge in [0.15, 0.2) is 9.84 Å². The van der Waals surface area contributed by atoms with Crippen LogP contribution in [0.2, 0.25) is 0 Å². The van der Waals surface area contributed by atoms with Crippen LogP contribution in [0.1, 0.15) is 31.0 Å². The highest BCUT2D eigenvalue weighted by Crippen LogP contribution is 2.25. The number of carbonyl (C=O) groups excluding carboxylic acids is 1. The quantitative estimate of drug-likeness (QED) is 0.809. The molecule has 1 unspecified atom stereocenters. The zero-order valence-corrected chi connectivity index (χ0v) is 17.3. The Kier molecular flexibility index (Phi) is 6.20. The Labute approximate surface area is 167 Å². The number of rotatable bonds is 6. The third-order valence-electron chi connectivity index (χ3n) is 5.37. The summed E-state index contributed by atoms with van der Waals surface area (Å²) < 4.78 is 23.6. The molecule has 1 aliphatic rings. The Morgan fingerprint density at radius 2 is 1.54 bits per heavy atom. The minimum Gasteiger partial charge on any atom is -0.354 e. The standard InChI is InChI=1S/C22H28N2O3S/c1-22(2,19-11-7-4-8-12-19)17-23-21(25)20(18-9-5-3-6-10-18)24-13-15-28(26,27)16-14-24/h3-12,20H,13-17H2,1-2H3,(H,23,25). The van der Waals surface area contributed by atoms with Gasteiger partial charge in [-0.2, -0.15) is 0 Å². The number of hydrogen-bond acceptors (Lipinski definition) is 4. The Balaban J connectivity index is 1.76. The maximum Gasteiger partial charge on any atom is 0.241 e. The summed E-state index contributed by atoms with van der Waals surface area (Å²) in [6.07, 6.45) is 0. The lowest BCUT2D eigenvalue weighted by Crippen LogP contribution is -2.49. The minimum absolute atomic E-state index is 0.0884. The minimum atomic E-state index is -3.00. The van der Waals surface area contributed by atoms with Crippen molar-refractivity contribution in [1.29, 1.82) is 0 Å². The molecule has 1 heterocycles. The average molecular weight is 401 g/mol. The predicted octanol–water partition coefficient (Wildman–Crippen LogP) is 2.55. The van der Waals surface area contributed by atoms with Gasteiger partial charge in [0.2, 0.25) is 5.91 Å². The largest absolute Gasteiger partial charge is 0.354 e. The highest BCUT2D eigenvalue weighted by atomic mass is 32.2. The van der Waals surface area contributed by atoms with Crippen molar-refractivity contribution in [1.82, 2.24) is 10.2 Å². The van der Waals surface area contributed by atoms with Crippen molar-refractivity contribution in [3.8, 4) is 0 Å². The van der Waals surface area contributed by atoms with Crippen molar-refractivity contribution < 1.29 is 13.2 Å². The van der Waals surface area contributed by atoms with Crippen LogP contribution in [-0.2, 0) is 20.0 Å². The number of carbonyl (C=O) groups is 1. The maximum absolute atomic E-state index is 13.2. The van der Waals surface area contributed by atoms with Crippen LogP contribution in [0, 0.1) is 0 Å². The van der Waals surface area contributed by atoms with E-state index in [0.29, 0.717) is 19.6 Å². The first-order valence-corrected chi connectivity index (χ1v) is 11.4. The first kappa shape index (κ1) is 20.6. The van der Waals surface area contributed by atoms with Crippen molar-refractivity contribution in [3.05, 3.63) is 71.8 Å². The van der Waals surface area contributed by atoms with E-state index in [9.17, 15) is 13.2 Å². The van der Waals surface area contributed by atoms with Gasteiger partial charge >= 0.3 is 0 Å². The molecule has 5 nitrogen and oxygen atoms in total. The van der Waals surface area contributed by atoms with E-state index in [1.54, 1.807) is 0 Å². The van der Waals surface area contributed by atoms with Crippen LogP contribution in [0.4, 0.5) is 0 Å². The summed E-state index contributed by atoms with van der Waals surface area (Å²) >= 11 is 0. The van der Waals surface area contributed by atoms with E-state index in [1.165, 1.54) is 0 Å². The third kappa shape index (κ3) is 5.00. The fraction of sp³-hybridized carbons (Fsp3) is 0.409. The summed E-state index contributed by atoms with van der Waals surface area (Å²) in [5.41, 5.74) is 1.84. The molecule has 1 N–H and O–H groups in total. The fourth-order valence-corrected chi connectivity index (χ4v) is 4.77. The molecule has 0 bridgehead atoms.